The SMILES string of the molecule is CCCNC(C)c1ccccc1NC(=O)COCC. The van der Waals surface area contributed by atoms with Gasteiger partial charge < -0.3 is 15.4 Å². The molecule has 0 aliphatic heterocycles. The first-order valence-electron chi connectivity index (χ1n) is 6.88. The molecule has 4 heteroatoms. The van der Waals surface area contributed by atoms with E-state index in [4.69, 9.17) is 4.74 Å². The van der Waals surface area contributed by atoms with Crippen LogP contribution in [0.25, 0.3) is 0 Å². The van der Waals surface area contributed by atoms with Crippen molar-refractivity contribution in [3.05, 3.63) is 29.8 Å². The molecule has 1 aromatic carbocycles. The molecule has 0 aromatic heterocycles. The van der Waals surface area contributed by atoms with Crippen molar-refractivity contribution in [1.82, 2.24) is 5.32 Å². The number of anilines is 1. The van der Waals surface area contributed by atoms with Crippen molar-refractivity contribution < 1.29 is 9.53 Å². The number of nitrogens with one attached hydrogen (secondary N) is 2. The lowest BCUT2D eigenvalue weighted by Gasteiger charge is -2.18. The van der Waals surface area contributed by atoms with Crippen molar-refractivity contribution in [2.24, 2.45) is 0 Å². The van der Waals surface area contributed by atoms with Crippen LogP contribution < -0.4 is 10.6 Å². The van der Waals surface area contributed by atoms with E-state index in [1.165, 1.54) is 0 Å². The molecule has 19 heavy (non-hydrogen) atoms. The third kappa shape index (κ3) is 5.41. The first kappa shape index (κ1) is 15.7. The average molecular weight is 264 g/mol. The van der Waals surface area contributed by atoms with Gasteiger partial charge in [-0.2, -0.15) is 0 Å². The maximum Gasteiger partial charge on any atom is 0.250 e. The number of benzene rings is 1. The van der Waals surface area contributed by atoms with Gasteiger partial charge in [-0.3, -0.25) is 4.79 Å². The lowest BCUT2D eigenvalue weighted by Crippen LogP contribution is -2.23. The van der Waals surface area contributed by atoms with Crippen molar-refractivity contribution >= 4 is 11.6 Å². The molecule has 0 aliphatic carbocycles. The highest BCUT2D eigenvalue weighted by molar-refractivity contribution is 5.92. The Morgan fingerprint density at radius 3 is 2.74 bits per heavy atom. The zero-order chi connectivity index (χ0) is 14.1. The fraction of sp³-hybridized carbons (Fsp3) is 0.533. The van der Waals surface area contributed by atoms with Gasteiger partial charge in [0.15, 0.2) is 0 Å². The van der Waals surface area contributed by atoms with Crippen molar-refractivity contribution in [2.75, 3.05) is 25.1 Å². The van der Waals surface area contributed by atoms with Gasteiger partial charge >= 0.3 is 0 Å². The summed E-state index contributed by atoms with van der Waals surface area (Å²) in [4.78, 5) is 11.7. The molecule has 0 saturated carbocycles. The van der Waals surface area contributed by atoms with Crippen LogP contribution in [0.15, 0.2) is 24.3 Å². The van der Waals surface area contributed by atoms with Crippen LogP contribution in [-0.4, -0.2) is 25.7 Å². The lowest BCUT2D eigenvalue weighted by atomic mass is 10.1. The second-order valence-corrected chi connectivity index (χ2v) is 4.45. The predicted octanol–water partition coefficient (Wildman–Crippen LogP) is 2.72. The molecular formula is C15H24N2O2. The standard InChI is InChI=1S/C15H24N2O2/c1-4-10-16-12(3)13-8-6-7-9-14(13)17-15(18)11-19-5-2/h6-9,12,16H,4-5,10-11H2,1-3H3,(H,17,18). The maximum absolute atomic E-state index is 11.7. The van der Waals surface area contributed by atoms with E-state index in [0.717, 1.165) is 24.2 Å². The number of hydrogen-bond acceptors (Lipinski definition) is 3. The van der Waals surface area contributed by atoms with Crippen LogP contribution in [0.2, 0.25) is 0 Å². The van der Waals surface area contributed by atoms with E-state index in [-0.39, 0.29) is 18.6 Å². The van der Waals surface area contributed by atoms with Crippen LogP contribution in [0, 0.1) is 0 Å². The largest absolute Gasteiger partial charge is 0.372 e. The molecule has 1 rings (SSSR count). The first-order chi connectivity index (χ1) is 9.19. The third-order valence-electron chi connectivity index (χ3n) is 2.84. The summed E-state index contributed by atoms with van der Waals surface area (Å²) in [6.07, 6.45) is 1.09. The molecule has 1 atom stereocenters. The minimum atomic E-state index is -0.114. The van der Waals surface area contributed by atoms with Gasteiger partial charge in [-0.25, -0.2) is 0 Å². The Kier molecular flexibility index (Phi) is 7.15. The summed E-state index contributed by atoms with van der Waals surface area (Å²) >= 11 is 0. The summed E-state index contributed by atoms with van der Waals surface area (Å²) in [5.41, 5.74) is 1.95. The fourth-order valence-corrected chi connectivity index (χ4v) is 1.84. The molecule has 0 heterocycles. The Balaban J connectivity index is 2.69. The quantitative estimate of drug-likeness (QED) is 0.759. The molecule has 106 valence electrons. The molecule has 2 N–H and O–H groups in total. The summed E-state index contributed by atoms with van der Waals surface area (Å²) < 4.78 is 5.11. The molecule has 1 amide bonds. The highest BCUT2D eigenvalue weighted by Crippen LogP contribution is 2.22. The molecule has 0 bridgehead atoms. The predicted molar refractivity (Wildman–Crippen MR) is 78.3 cm³/mol. The second-order valence-electron chi connectivity index (χ2n) is 4.45. The molecule has 1 aromatic rings. The Bertz CT molecular complexity index is 393. The topological polar surface area (TPSA) is 50.4 Å². The minimum absolute atomic E-state index is 0.0988. The summed E-state index contributed by atoms with van der Waals surface area (Å²) in [7, 11) is 0. The summed E-state index contributed by atoms with van der Waals surface area (Å²) in [6.45, 7) is 7.71. The van der Waals surface area contributed by atoms with E-state index in [9.17, 15) is 4.79 Å². The van der Waals surface area contributed by atoms with Gasteiger partial charge in [-0.1, -0.05) is 25.1 Å². The van der Waals surface area contributed by atoms with E-state index in [1.54, 1.807) is 0 Å². The number of amides is 1. The molecule has 0 aliphatic rings. The Labute approximate surface area is 115 Å². The van der Waals surface area contributed by atoms with Gasteiger partial charge in [0.25, 0.3) is 0 Å². The van der Waals surface area contributed by atoms with Crippen molar-refractivity contribution in [2.45, 2.75) is 33.2 Å². The zero-order valence-electron chi connectivity index (χ0n) is 12.0. The Morgan fingerprint density at radius 1 is 1.32 bits per heavy atom. The number of rotatable bonds is 8. The van der Waals surface area contributed by atoms with Crippen molar-refractivity contribution in [1.29, 1.82) is 0 Å². The van der Waals surface area contributed by atoms with Crippen LogP contribution >= 0.6 is 0 Å². The van der Waals surface area contributed by atoms with E-state index < -0.39 is 0 Å². The third-order valence-corrected chi connectivity index (χ3v) is 2.84. The Morgan fingerprint density at radius 2 is 2.05 bits per heavy atom. The monoisotopic (exact) mass is 264 g/mol. The van der Waals surface area contributed by atoms with Crippen LogP contribution in [0.3, 0.4) is 0 Å². The molecular weight excluding hydrogens is 240 g/mol. The summed E-state index contributed by atoms with van der Waals surface area (Å²) in [5.74, 6) is -0.114. The van der Waals surface area contributed by atoms with E-state index in [1.807, 2.05) is 31.2 Å². The normalized spacial score (nSPS) is 12.2. The molecule has 4 nitrogen and oxygen atoms in total. The van der Waals surface area contributed by atoms with Crippen molar-refractivity contribution in [3.8, 4) is 0 Å². The number of carbonyl (C=O) groups is 1. The van der Waals surface area contributed by atoms with Gasteiger partial charge in [0.2, 0.25) is 5.91 Å². The van der Waals surface area contributed by atoms with E-state index in [2.05, 4.69) is 24.5 Å². The molecule has 0 radical (unpaired) electrons. The molecule has 0 fully saturated rings. The second kappa shape index (κ2) is 8.67. The van der Waals surface area contributed by atoms with Crippen LogP contribution in [-0.2, 0) is 9.53 Å². The smallest absolute Gasteiger partial charge is 0.250 e. The number of para-hydroxylation sites is 1. The lowest BCUT2D eigenvalue weighted by molar-refractivity contribution is -0.120. The first-order valence-corrected chi connectivity index (χ1v) is 6.88. The Hall–Kier alpha value is -1.39. The number of carbonyl (C=O) groups excluding carboxylic acids is 1. The zero-order valence-corrected chi connectivity index (χ0v) is 12.0. The van der Waals surface area contributed by atoms with Gasteiger partial charge in [-0.15, -0.1) is 0 Å². The van der Waals surface area contributed by atoms with Crippen LogP contribution in [0.4, 0.5) is 5.69 Å². The van der Waals surface area contributed by atoms with Gasteiger partial charge in [0.1, 0.15) is 6.61 Å². The van der Waals surface area contributed by atoms with E-state index >= 15 is 0 Å². The highest BCUT2D eigenvalue weighted by Gasteiger charge is 2.11. The van der Waals surface area contributed by atoms with Crippen molar-refractivity contribution in [3.63, 3.8) is 0 Å². The average Bonchev–Trinajstić information content (AvgIpc) is 2.43. The van der Waals surface area contributed by atoms with Gasteiger partial charge in [-0.05, 0) is 38.4 Å². The maximum atomic E-state index is 11.7. The highest BCUT2D eigenvalue weighted by atomic mass is 16.5. The summed E-state index contributed by atoms with van der Waals surface area (Å²) in [6, 6.07) is 8.07. The van der Waals surface area contributed by atoms with E-state index in [0.29, 0.717) is 6.61 Å². The van der Waals surface area contributed by atoms with Gasteiger partial charge in [0.05, 0.1) is 0 Å². The van der Waals surface area contributed by atoms with Crippen LogP contribution in [0.1, 0.15) is 38.8 Å². The van der Waals surface area contributed by atoms with Gasteiger partial charge in [0, 0.05) is 18.3 Å². The number of ether oxygens (including phenoxy) is 1. The summed E-state index contributed by atoms with van der Waals surface area (Å²) in [5, 5.41) is 6.32. The van der Waals surface area contributed by atoms with Crippen LogP contribution in [0.5, 0.6) is 0 Å². The minimum Gasteiger partial charge on any atom is -0.372 e. The molecule has 1 unspecified atom stereocenters. The fourth-order valence-electron chi connectivity index (χ4n) is 1.84. The number of hydrogen-bond donors (Lipinski definition) is 2. The molecule has 0 saturated heterocycles. The molecule has 0 spiro atoms.